The maximum absolute atomic E-state index is 6.14. The molecule has 0 aliphatic heterocycles. The quantitative estimate of drug-likeness (QED) is 0.870. The summed E-state index contributed by atoms with van der Waals surface area (Å²) in [5, 5.41) is 8.19. The number of hydrogen-bond donors (Lipinski definition) is 1. The Morgan fingerprint density at radius 3 is 2.83 bits per heavy atom. The first kappa shape index (κ1) is 16.5. The Balaban J connectivity index is 1.83. The number of aromatic nitrogens is 2. The molecule has 1 aromatic heterocycles. The molecule has 1 N–H and O–H groups in total. The van der Waals surface area contributed by atoms with Gasteiger partial charge in [-0.2, -0.15) is 4.98 Å². The van der Waals surface area contributed by atoms with E-state index in [0.717, 1.165) is 42.4 Å². The van der Waals surface area contributed by atoms with E-state index in [4.69, 9.17) is 21.1 Å². The van der Waals surface area contributed by atoms with Gasteiger partial charge in [-0.15, -0.1) is 0 Å². The van der Waals surface area contributed by atoms with Crippen LogP contribution in [0.25, 0.3) is 0 Å². The van der Waals surface area contributed by atoms with Crippen LogP contribution in [0.1, 0.15) is 49.9 Å². The third-order valence-electron chi connectivity index (χ3n) is 4.90. The van der Waals surface area contributed by atoms with Crippen LogP contribution < -0.4 is 5.32 Å². The maximum atomic E-state index is 6.14. The van der Waals surface area contributed by atoms with Gasteiger partial charge in [0.15, 0.2) is 5.82 Å². The molecule has 1 aromatic carbocycles. The number of benzene rings is 1. The number of nitrogens with one attached hydrogen (secondary N) is 1. The van der Waals surface area contributed by atoms with Crippen molar-refractivity contribution in [3.8, 4) is 0 Å². The Labute approximate surface area is 142 Å². The molecule has 0 amide bonds. The molecule has 2 aromatic rings. The summed E-state index contributed by atoms with van der Waals surface area (Å²) in [7, 11) is 1.95. The van der Waals surface area contributed by atoms with Crippen LogP contribution in [-0.2, 0) is 18.3 Å². The Kier molecular flexibility index (Phi) is 5.02. The molecule has 1 unspecified atom stereocenters. The minimum atomic E-state index is -0.0290. The van der Waals surface area contributed by atoms with Gasteiger partial charge < -0.3 is 9.84 Å². The normalized spacial score (nSPS) is 18.2. The van der Waals surface area contributed by atoms with Gasteiger partial charge in [0.05, 0.1) is 5.41 Å². The summed E-state index contributed by atoms with van der Waals surface area (Å²) in [5.41, 5.74) is 1.21. The zero-order valence-electron chi connectivity index (χ0n) is 13.8. The van der Waals surface area contributed by atoms with Crippen molar-refractivity contribution >= 4 is 11.6 Å². The van der Waals surface area contributed by atoms with Gasteiger partial charge in [-0.1, -0.05) is 41.7 Å². The molecule has 0 bridgehead atoms. The SMILES string of the molecule is CNC(C)Cc1noc(C2(Cc3cccc(Cl)c3)CCCC2)n1. The number of hydrogen-bond acceptors (Lipinski definition) is 4. The van der Waals surface area contributed by atoms with Crippen LogP contribution in [0.5, 0.6) is 0 Å². The van der Waals surface area contributed by atoms with Crippen LogP contribution in [0.3, 0.4) is 0 Å². The zero-order valence-corrected chi connectivity index (χ0v) is 14.6. The molecule has 0 saturated heterocycles. The van der Waals surface area contributed by atoms with E-state index < -0.39 is 0 Å². The predicted octanol–water partition coefficient (Wildman–Crippen LogP) is 3.93. The van der Waals surface area contributed by atoms with E-state index in [9.17, 15) is 0 Å². The Morgan fingerprint density at radius 1 is 1.35 bits per heavy atom. The largest absolute Gasteiger partial charge is 0.339 e. The molecule has 1 fully saturated rings. The first-order valence-electron chi connectivity index (χ1n) is 8.36. The molecule has 0 radical (unpaired) electrons. The number of likely N-dealkylation sites (N-methyl/N-ethyl adjacent to an activating group) is 1. The Bertz CT molecular complexity index is 649. The fourth-order valence-corrected chi connectivity index (χ4v) is 3.70. The fraction of sp³-hybridized carbons (Fsp3) is 0.556. The lowest BCUT2D eigenvalue weighted by Crippen LogP contribution is -2.26. The highest BCUT2D eigenvalue weighted by molar-refractivity contribution is 6.30. The monoisotopic (exact) mass is 333 g/mol. The molecule has 0 spiro atoms. The lowest BCUT2D eigenvalue weighted by atomic mass is 9.80. The van der Waals surface area contributed by atoms with Crippen molar-refractivity contribution in [2.24, 2.45) is 0 Å². The van der Waals surface area contributed by atoms with E-state index in [-0.39, 0.29) is 5.41 Å². The molecule has 5 heteroatoms. The standard InChI is InChI=1S/C18H24ClN3O/c1-13(20-2)10-16-21-17(23-22-16)18(8-3-4-9-18)12-14-6-5-7-15(19)11-14/h5-7,11,13,20H,3-4,8-10,12H2,1-2H3. The molecule has 1 aliphatic rings. The predicted molar refractivity (Wildman–Crippen MR) is 91.8 cm³/mol. The summed E-state index contributed by atoms with van der Waals surface area (Å²) in [6.07, 6.45) is 6.33. The lowest BCUT2D eigenvalue weighted by molar-refractivity contribution is 0.276. The van der Waals surface area contributed by atoms with Gasteiger partial charge in [0, 0.05) is 17.5 Å². The van der Waals surface area contributed by atoms with Crippen molar-refractivity contribution in [1.29, 1.82) is 0 Å². The summed E-state index contributed by atoms with van der Waals surface area (Å²) in [5.74, 6) is 1.59. The number of rotatable bonds is 6. The van der Waals surface area contributed by atoms with E-state index in [2.05, 4.69) is 23.5 Å². The van der Waals surface area contributed by atoms with Crippen molar-refractivity contribution in [2.45, 2.75) is 56.9 Å². The first-order valence-corrected chi connectivity index (χ1v) is 8.74. The second-order valence-electron chi connectivity index (χ2n) is 6.70. The van der Waals surface area contributed by atoms with E-state index in [1.54, 1.807) is 0 Å². The highest BCUT2D eigenvalue weighted by atomic mass is 35.5. The molecule has 1 heterocycles. The second-order valence-corrected chi connectivity index (χ2v) is 7.14. The highest BCUT2D eigenvalue weighted by Gasteiger charge is 2.41. The Hall–Kier alpha value is -1.39. The van der Waals surface area contributed by atoms with Crippen LogP contribution in [0.15, 0.2) is 28.8 Å². The molecule has 124 valence electrons. The first-order chi connectivity index (χ1) is 11.1. The van der Waals surface area contributed by atoms with Crippen LogP contribution >= 0.6 is 11.6 Å². The summed E-state index contributed by atoms with van der Waals surface area (Å²) < 4.78 is 5.68. The Morgan fingerprint density at radius 2 is 2.13 bits per heavy atom. The molecule has 3 rings (SSSR count). The number of halogens is 1. The third-order valence-corrected chi connectivity index (χ3v) is 5.13. The molecular weight excluding hydrogens is 310 g/mol. The van der Waals surface area contributed by atoms with Crippen LogP contribution in [0.2, 0.25) is 5.02 Å². The minimum absolute atomic E-state index is 0.0290. The van der Waals surface area contributed by atoms with Crippen molar-refractivity contribution in [1.82, 2.24) is 15.5 Å². The van der Waals surface area contributed by atoms with Gasteiger partial charge in [-0.25, -0.2) is 0 Å². The fourth-order valence-electron chi connectivity index (χ4n) is 3.48. The number of nitrogens with zero attached hydrogens (tertiary/aromatic N) is 2. The zero-order chi connectivity index (χ0) is 16.3. The summed E-state index contributed by atoms with van der Waals surface area (Å²) in [6, 6.07) is 8.44. The van der Waals surface area contributed by atoms with E-state index in [0.29, 0.717) is 6.04 Å². The highest BCUT2D eigenvalue weighted by Crippen LogP contribution is 2.43. The average molecular weight is 334 g/mol. The van der Waals surface area contributed by atoms with E-state index >= 15 is 0 Å². The summed E-state index contributed by atoms with van der Waals surface area (Å²) in [6.45, 7) is 2.12. The average Bonchev–Trinajstić information content (AvgIpc) is 3.17. The van der Waals surface area contributed by atoms with Gasteiger partial charge in [0.1, 0.15) is 0 Å². The second kappa shape index (κ2) is 7.02. The van der Waals surface area contributed by atoms with Crippen LogP contribution in [-0.4, -0.2) is 23.2 Å². The molecule has 23 heavy (non-hydrogen) atoms. The van der Waals surface area contributed by atoms with E-state index in [1.807, 2.05) is 25.2 Å². The van der Waals surface area contributed by atoms with Gasteiger partial charge in [0.2, 0.25) is 5.89 Å². The van der Waals surface area contributed by atoms with Crippen molar-refractivity contribution in [3.05, 3.63) is 46.6 Å². The summed E-state index contributed by atoms with van der Waals surface area (Å²) >= 11 is 6.14. The van der Waals surface area contributed by atoms with E-state index in [1.165, 1.54) is 18.4 Å². The van der Waals surface area contributed by atoms with Gasteiger partial charge in [-0.3, -0.25) is 0 Å². The topological polar surface area (TPSA) is 51.0 Å². The molecule has 4 nitrogen and oxygen atoms in total. The van der Waals surface area contributed by atoms with Gasteiger partial charge in [-0.05, 0) is 50.9 Å². The van der Waals surface area contributed by atoms with Gasteiger partial charge >= 0.3 is 0 Å². The molecule has 1 aliphatic carbocycles. The molecule has 1 atom stereocenters. The van der Waals surface area contributed by atoms with Crippen LogP contribution in [0, 0.1) is 0 Å². The maximum Gasteiger partial charge on any atom is 0.233 e. The molecule has 1 saturated carbocycles. The minimum Gasteiger partial charge on any atom is -0.339 e. The van der Waals surface area contributed by atoms with Crippen molar-refractivity contribution in [3.63, 3.8) is 0 Å². The third kappa shape index (κ3) is 3.75. The summed E-state index contributed by atoms with van der Waals surface area (Å²) in [4.78, 5) is 4.72. The smallest absolute Gasteiger partial charge is 0.233 e. The van der Waals surface area contributed by atoms with Crippen LogP contribution in [0.4, 0.5) is 0 Å². The van der Waals surface area contributed by atoms with Crippen molar-refractivity contribution in [2.75, 3.05) is 7.05 Å². The molecular formula is C18H24ClN3O. The van der Waals surface area contributed by atoms with Crippen molar-refractivity contribution < 1.29 is 4.52 Å². The lowest BCUT2D eigenvalue weighted by Gasteiger charge is -2.24. The van der Waals surface area contributed by atoms with Gasteiger partial charge in [0.25, 0.3) is 0 Å².